The first-order valence-corrected chi connectivity index (χ1v) is 4.61. The molecule has 1 saturated heterocycles. The number of ether oxygens (including phenoxy) is 2. The molecule has 2 nitrogen and oxygen atoms in total. The number of halogens is 1. The average molecular weight is 199 g/mol. The van der Waals surface area contributed by atoms with Crippen molar-refractivity contribution < 1.29 is 9.47 Å². The monoisotopic (exact) mass is 198 g/mol. The van der Waals surface area contributed by atoms with Crippen molar-refractivity contribution in [3.63, 3.8) is 0 Å². The minimum atomic E-state index is 0.368. The molecule has 1 atom stereocenters. The molecule has 13 heavy (non-hydrogen) atoms. The Hall–Kier alpha value is -0.730. The van der Waals surface area contributed by atoms with E-state index in [2.05, 4.69) is 0 Å². The number of hydrogen-bond donors (Lipinski definition) is 0. The van der Waals surface area contributed by atoms with E-state index in [9.17, 15) is 0 Å². The van der Waals surface area contributed by atoms with E-state index in [4.69, 9.17) is 21.1 Å². The summed E-state index contributed by atoms with van der Waals surface area (Å²) >= 11 is 5.88. The molecule has 1 aliphatic rings. The van der Waals surface area contributed by atoms with E-state index in [1.165, 1.54) is 0 Å². The lowest BCUT2D eigenvalue weighted by atomic mass is 10.1. The van der Waals surface area contributed by atoms with Crippen LogP contribution < -0.4 is 4.74 Å². The molecule has 1 aromatic rings. The second kappa shape index (κ2) is 3.56. The van der Waals surface area contributed by atoms with Crippen molar-refractivity contribution in [2.75, 3.05) is 13.7 Å². The van der Waals surface area contributed by atoms with Gasteiger partial charge in [0.25, 0.3) is 0 Å². The zero-order valence-corrected chi connectivity index (χ0v) is 8.17. The molecule has 0 amide bonds. The van der Waals surface area contributed by atoms with Gasteiger partial charge in [-0.05, 0) is 23.8 Å². The third-order valence-corrected chi connectivity index (χ3v) is 2.33. The van der Waals surface area contributed by atoms with Crippen molar-refractivity contribution in [1.82, 2.24) is 0 Å². The predicted octanol–water partition coefficient (Wildman–Crippen LogP) is 2.29. The molecule has 3 heteroatoms. The molecule has 1 heterocycles. The van der Waals surface area contributed by atoms with Crippen LogP contribution in [0.5, 0.6) is 5.75 Å². The lowest BCUT2D eigenvalue weighted by Gasteiger charge is -2.06. The van der Waals surface area contributed by atoms with E-state index in [1.54, 1.807) is 7.11 Å². The molecule has 0 saturated carbocycles. The van der Waals surface area contributed by atoms with Gasteiger partial charge in [-0.3, -0.25) is 0 Å². The predicted molar refractivity (Wildman–Crippen MR) is 51.4 cm³/mol. The summed E-state index contributed by atoms with van der Waals surface area (Å²) in [7, 11) is 1.67. The number of rotatable bonds is 3. The highest BCUT2D eigenvalue weighted by molar-refractivity contribution is 6.30. The van der Waals surface area contributed by atoms with Crippen molar-refractivity contribution in [2.24, 2.45) is 0 Å². The molecule has 0 spiro atoms. The summed E-state index contributed by atoms with van der Waals surface area (Å²) in [6.45, 7) is 0.857. The lowest BCUT2D eigenvalue weighted by Crippen LogP contribution is -1.96. The fourth-order valence-electron chi connectivity index (χ4n) is 1.34. The summed E-state index contributed by atoms with van der Waals surface area (Å²) in [5.41, 5.74) is 1.12. The second-order valence-corrected chi connectivity index (χ2v) is 3.55. The summed E-state index contributed by atoms with van der Waals surface area (Å²) in [4.78, 5) is 0. The van der Waals surface area contributed by atoms with Gasteiger partial charge in [-0.15, -0.1) is 0 Å². The van der Waals surface area contributed by atoms with E-state index in [-0.39, 0.29) is 0 Å². The molecule has 1 aromatic carbocycles. The van der Waals surface area contributed by atoms with Crippen molar-refractivity contribution >= 4 is 11.6 Å². The van der Waals surface area contributed by atoms with E-state index in [0.717, 1.165) is 29.4 Å². The normalized spacial score (nSPS) is 20.0. The Labute approximate surface area is 82.4 Å². The highest BCUT2D eigenvalue weighted by Crippen LogP contribution is 2.26. The Morgan fingerprint density at radius 1 is 1.62 bits per heavy atom. The summed E-state index contributed by atoms with van der Waals surface area (Å²) in [6.07, 6.45) is 1.26. The third-order valence-electron chi connectivity index (χ3n) is 2.09. The largest absolute Gasteiger partial charge is 0.496 e. The smallest absolute Gasteiger partial charge is 0.122 e. The van der Waals surface area contributed by atoms with Gasteiger partial charge in [0.05, 0.1) is 19.8 Å². The Morgan fingerprint density at radius 3 is 3.00 bits per heavy atom. The van der Waals surface area contributed by atoms with Gasteiger partial charge >= 0.3 is 0 Å². The molecule has 0 bridgehead atoms. The van der Waals surface area contributed by atoms with Gasteiger partial charge in [-0.25, -0.2) is 0 Å². The summed E-state index contributed by atoms with van der Waals surface area (Å²) in [6, 6.07) is 5.65. The molecule has 0 aromatic heterocycles. The van der Waals surface area contributed by atoms with Crippen LogP contribution in [0.15, 0.2) is 18.2 Å². The van der Waals surface area contributed by atoms with Crippen LogP contribution in [-0.2, 0) is 11.2 Å². The lowest BCUT2D eigenvalue weighted by molar-refractivity contribution is 0.391. The zero-order valence-electron chi connectivity index (χ0n) is 7.42. The maximum absolute atomic E-state index is 5.88. The number of benzene rings is 1. The van der Waals surface area contributed by atoms with Crippen LogP contribution in [0.2, 0.25) is 5.02 Å². The fourth-order valence-corrected chi connectivity index (χ4v) is 1.53. The minimum absolute atomic E-state index is 0.368. The number of epoxide rings is 1. The first-order valence-electron chi connectivity index (χ1n) is 4.23. The topological polar surface area (TPSA) is 21.8 Å². The molecule has 70 valence electrons. The molecule has 1 fully saturated rings. The number of methoxy groups -OCH3 is 1. The van der Waals surface area contributed by atoms with E-state index < -0.39 is 0 Å². The van der Waals surface area contributed by atoms with Gasteiger partial charge in [0, 0.05) is 11.4 Å². The van der Waals surface area contributed by atoms with Crippen LogP contribution >= 0.6 is 11.6 Å². The van der Waals surface area contributed by atoms with Crippen LogP contribution in [0, 0.1) is 0 Å². The molecule has 0 radical (unpaired) electrons. The second-order valence-electron chi connectivity index (χ2n) is 3.12. The number of hydrogen-bond acceptors (Lipinski definition) is 2. The molecule has 1 aliphatic heterocycles. The van der Waals surface area contributed by atoms with Crippen molar-refractivity contribution in [3.05, 3.63) is 28.8 Å². The van der Waals surface area contributed by atoms with E-state index >= 15 is 0 Å². The van der Waals surface area contributed by atoms with Gasteiger partial charge < -0.3 is 9.47 Å². The Balaban J connectivity index is 2.22. The SMILES string of the molecule is COc1ccc(Cl)cc1CC1CO1. The van der Waals surface area contributed by atoms with Gasteiger partial charge in [-0.2, -0.15) is 0 Å². The third kappa shape index (κ3) is 2.14. The minimum Gasteiger partial charge on any atom is -0.496 e. The Morgan fingerprint density at radius 2 is 2.38 bits per heavy atom. The maximum atomic E-state index is 5.88. The van der Waals surface area contributed by atoms with Gasteiger partial charge in [0.2, 0.25) is 0 Å². The summed E-state index contributed by atoms with van der Waals surface area (Å²) < 4.78 is 10.4. The van der Waals surface area contributed by atoms with Crippen LogP contribution in [0.25, 0.3) is 0 Å². The molecule has 0 N–H and O–H groups in total. The zero-order chi connectivity index (χ0) is 9.26. The highest BCUT2D eigenvalue weighted by Gasteiger charge is 2.24. The van der Waals surface area contributed by atoms with Gasteiger partial charge in [0.1, 0.15) is 5.75 Å². The maximum Gasteiger partial charge on any atom is 0.122 e. The molecular formula is C10H11ClO2. The van der Waals surface area contributed by atoms with E-state index in [0.29, 0.717) is 6.10 Å². The Bertz CT molecular complexity index is 308. The van der Waals surface area contributed by atoms with Crippen LogP contribution in [-0.4, -0.2) is 19.8 Å². The van der Waals surface area contributed by atoms with Crippen molar-refractivity contribution in [1.29, 1.82) is 0 Å². The van der Waals surface area contributed by atoms with Crippen LogP contribution in [0.1, 0.15) is 5.56 Å². The molecule has 0 aliphatic carbocycles. The quantitative estimate of drug-likeness (QED) is 0.696. The summed E-state index contributed by atoms with van der Waals surface area (Å²) in [5, 5.41) is 0.747. The molecular weight excluding hydrogens is 188 g/mol. The summed E-state index contributed by atoms with van der Waals surface area (Å²) in [5.74, 6) is 0.889. The van der Waals surface area contributed by atoms with Crippen molar-refractivity contribution in [3.8, 4) is 5.75 Å². The molecule has 2 rings (SSSR count). The van der Waals surface area contributed by atoms with Crippen LogP contribution in [0.4, 0.5) is 0 Å². The highest BCUT2D eigenvalue weighted by atomic mass is 35.5. The fraction of sp³-hybridized carbons (Fsp3) is 0.400. The van der Waals surface area contributed by atoms with Gasteiger partial charge in [-0.1, -0.05) is 11.6 Å². The van der Waals surface area contributed by atoms with Gasteiger partial charge in [0.15, 0.2) is 0 Å². The van der Waals surface area contributed by atoms with E-state index in [1.807, 2.05) is 18.2 Å². The average Bonchev–Trinajstić information content (AvgIpc) is 2.89. The van der Waals surface area contributed by atoms with Crippen LogP contribution in [0.3, 0.4) is 0 Å². The first-order chi connectivity index (χ1) is 6.29. The standard InChI is InChI=1S/C10H11ClO2/c1-12-10-3-2-8(11)4-7(10)5-9-6-13-9/h2-4,9H,5-6H2,1H3. The van der Waals surface area contributed by atoms with Crippen molar-refractivity contribution in [2.45, 2.75) is 12.5 Å². The Kier molecular flexibility index (Phi) is 2.42. The first kappa shape index (κ1) is 8.85. The molecule has 1 unspecified atom stereocenters.